The zero-order chi connectivity index (χ0) is 10.5. The van der Waals surface area contributed by atoms with E-state index in [0.29, 0.717) is 6.61 Å². The van der Waals surface area contributed by atoms with Crippen LogP contribution in [0.15, 0.2) is 21.2 Å². The molecule has 1 unspecified atom stereocenters. The second-order valence-corrected chi connectivity index (χ2v) is 4.69. The summed E-state index contributed by atoms with van der Waals surface area (Å²) in [5.41, 5.74) is 0. The van der Waals surface area contributed by atoms with Crippen LogP contribution in [0.5, 0.6) is 0 Å². The van der Waals surface area contributed by atoms with Gasteiger partial charge in [-0.3, -0.25) is 0 Å². The van der Waals surface area contributed by atoms with Crippen molar-refractivity contribution < 1.29 is 9.15 Å². The Morgan fingerprint density at radius 3 is 3.13 bits per heavy atom. The maximum absolute atomic E-state index is 5.55. The second kappa shape index (κ2) is 5.68. The summed E-state index contributed by atoms with van der Waals surface area (Å²) in [4.78, 5) is 0. The maximum atomic E-state index is 5.55. The van der Waals surface area contributed by atoms with E-state index >= 15 is 0 Å². The van der Waals surface area contributed by atoms with Crippen LogP contribution in [0.25, 0.3) is 0 Å². The monoisotopic (exact) mass is 273 g/mol. The number of rotatable bonds is 5. The molecule has 1 aromatic heterocycles. The Balaban J connectivity index is 1.58. The van der Waals surface area contributed by atoms with E-state index in [4.69, 9.17) is 9.15 Å². The molecule has 0 bridgehead atoms. The predicted octanol–water partition coefficient (Wildman–Crippen LogP) is 2.56. The zero-order valence-electron chi connectivity index (χ0n) is 8.67. The average Bonchev–Trinajstić information content (AvgIpc) is 2.84. The van der Waals surface area contributed by atoms with Gasteiger partial charge in [0.15, 0.2) is 4.67 Å². The fourth-order valence-electron chi connectivity index (χ4n) is 1.81. The van der Waals surface area contributed by atoms with E-state index in [1.54, 1.807) is 0 Å². The number of ether oxygens (including phenoxy) is 1. The average molecular weight is 274 g/mol. The molecule has 15 heavy (non-hydrogen) atoms. The topological polar surface area (TPSA) is 34.4 Å². The summed E-state index contributed by atoms with van der Waals surface area (Å²) in [5.74, 6) is 1.68. The molecule has 0 aromatic carbocycles. The van der Waals surface area contributed by atoms with Crippen molar-refractivity contribution in [3.63, 3.8) is 0 Å². The van der Waals surface area contributed by atoms with Crippen LogP contribution < -0.4 is 5.32 Å². The van der Waals surface area contributed by atoms with Gasteiger partial charge in [-0.2, -0.15) is 0 Å². The molecule has 0 aliphatic carbocycles. The highest BCUT2D eigenvalue weighted by Gasteiger charge is 2.13. The van der Waals surface area contributed by atoms with E-state index in [9.17, 15) is 0 Å². The smallest absolute Gasteiger partial charge is 0.169 e. The van der Waals surface area contributed by atoms with Crippen LogP contribution in [0.1, 0.15) is 18.6 Å². The molecule has 1 N–H and O–H groups in total. The van der Waals surface area contributed by atoms with Gasteiger partial charge in [0.1, 0.15) is 12.4 Å². The van der Waals surface area contributed by atoms with Gasteiger partial charge >= 0.3 is 0 Å². The lowest BCUT2D eigenvalue weighted by molar-refractivity contribution is 0.0950. The second-order valence-electron chi connectivity index (χ2n) is 3.91. The molecule has 84 valence electrons. The largest absolute Gasteiger partial charge is 0.452 e. The summed E-state index contributed by atoms with van der Waals surface area (Å²) in [6, 6.07) is 3.82. The van der Waals surface area contributed by atoms with Crippen molar-refractivity contribution >= 4 is 15.9 Å². The molecule has 1 aliphatic heterocycles. The molecule has 1 fully saturated rings. The Labute approximate surface area is 98.3 Å². The molecule has 1 saturated heterocycles. The van der Waals surface area contributed by atoms with E-state index in [1.807, 2.05) is 12.1 Å². The number of furan rings is 1. The van der Waals surface area contributed by atoms with E-state index in [-0.39, 0.29) is 0 Å². The minimum absolute atomic E-state index is 0.575. The normalized spacial score (nSPS) is 21.0. The summed E-state index contributed by atoms with van der Waals surface area (Å²) in [6.07, 6.45) is 2.44. The third-order valence-electron chi connectivity index (χ3n) is 2.71. The highest BCUT2D eigenvalue weighted by atomic mass is 79.9. The maximum Gasteiger partial charge on any atom is 0.169 e. The van der Waals surface area contributed by atoms with Gasteiger partial charge in [0.05, 0.1) is 0 Å². The highest BCUT2D eigenvalue weighted by molar-refractivity contribution is 9.10. The van der Waals surface area contributed by atoms with Crippen LogP contribution in [0, 0.1) is 5.92 Å². The summed E-state index contributed by atoms with van der Waals surface area (Å²) >= 11 is 3.26. The first-order valence-corrected chi connectivity index (χ1v) is 6.16. The third kappa shape index (κ3) is 3.63. The molecular weight excluding hydrogens is 258 g/mol. The van der Waals surface area contributed by atoms with Crippen molar-refractivity contribution in [2.24, 2.45) is 5.92 Å². The fourth-order valence-corrected chi connectivity index (χ4v) is 2.15. The van der Waals surface area contributed by atoms with Gasteiger partial charge in [-0.05, 0) is 59.9 Å². The Bertz CT molecular complexity index is 295. The van der Waals surface area contributed by atoms with Gasteiger partial charge in [0.25, 0.3) is 0 Å². The molecule has 1 aromatic rings. The minimum Gasteiger partial charge on any atom is -0.452 e. The third-order valence-corrected chi connectivity index (χ3v) is 3.13. The molecule has 3 nitrogen and oxygen atoms in total. The number of halogens is 1. The lowest BCUT2D eigenvalue weighted by Gasteiger charge is -2.07. The highest BCUT2D eigenvalue weighted by Crippen LogP contribution is 2.16. The molecule has 0 amide bonds. The van der Waals surface area contributed by atoms with Gasteiger partial charge < -0.3 is 14.5 Å². The van der Waals surface area contributed by atoms with Crippen LogP contribution in [0.3, 0.4) is 0 Å². The van der Waals surface area contributed by atoms with Gasteiger partial charge in [0, 0.05) is 6.61 Å². The van der Waals surface area contributed by atoms with E-state index in [2.05, 4.69) is 21.2 Å². The van der Waals surface area contributed by atoms with E-state index in [0.717, 1.165) is 42.5 Å². The van der Waals surface area contributed by atoms with Crippen molar-refractivity contribution in [2.75, 3.05) is 19.7 Å². The first kappa shape index (κ1) is 11.2. The van der Waals surface area contributed by atoms with Gasteiger partial charge in [0.2, 0.25) is 0 Å². The van der Waals surface area contributed by atoms with Crippen molar-refractivity contribution in [3.05, 3.63) is 22.6 Å². The number of hydrogen-bond donors (Lipinski definition) is 1. The van der Waals surface area contributed by atoms with Gasteiger partial charge in [-0.15, -0.1) is 0 Å². The van der Waals surface area contributed by atoms with Crippen molar-refractivity contribution in [3.8, 4) is 0 Å². The van der Waals surface area contributed by atoms with Gasteiger partial charge in [-0.25, -0.2) is 0 Å². The molecule has 2 rings (SSSR count). The van der Waals surface area contributed by atoms with Crippen LogP contribution in [0.4, 0.5) is 0 Å². The first-order valence-electron chi connectivity index (χ1n) is 5.37. The summed E-state index contributed by atoms with van der Waals surface area (Å²) < 4.78 is 11.7. The van der Waals surface area contributed by atoms with Crippen LogP contribution in [-0.4, -0.2) is 19.7 Å². The Morgan fingerprint density at radius 2 is 2.47 bits per heavy atom. The van der Waals surface area contributed by atoms with E-state index < -0.39 is 0 Å². The number of nitrogens with one attached hydrogen (secondary N) is 1. The summed E-state index contributed by atoms with van der Waals surface area (Å²) in [6.45, 7) is 3.71. The summed E-state index contributed by atoms with van der Waals surface area (Å²) in [5, 5.41) is 3.35. The molecule has 2 heterocycles. The van der Waals surface area contributed by atoms with Crippen LogP contribution in [-0.2, 0) is 11.3 Å². The fraction of sp³-hybridized carbons (Fsp3) is 0.636. The SMILES string of the molecule is Brc1ccc(COCCC2CCNC2)o1. The lowest BCUT2D eigenvalue weighted by Crippen LogP contribution is -2.10. The molecule has 1 aliphatic rings. The van der Waals surface area contributed by atoms with Crippen molar-refractivity contribution in [1.29, 1.82) is 0 Å². The quantitative estimate of drug-likeness (QED) is 0.838. The molecular formula is C11H16BrNO2. The number of hydrogen-bond acceptors (Lipinski definition) is 3. The van der Waals surface area contributed by atoms with Crippen LogP contribution in [0.2, 0.25) is 0 Å². The molecule has 0 spiro atoms. The van der Waals surface area contributed by atoms with E-state index in [1.165, 1.54) is 6.42 Å². The van der Waals surface area contributed by atoms with Gasteiger partial charge in [-0.1, -0.05) is 0 Å². The molecule has 1 atom stereocenters. The summed E-state index contributed by atoms with van der Waals surface area (Å²) in [7, 11) is 0. The minimum atomic E-state index is 0.575. The Kier molecular flexibility index (Phi) is 4.23. The van der Waals surface area contributed by atoms with Crippen molar-refractivity contribution in [2.45, 2.75) is 19.4 Å². The standard InChI is InChI=1S/C11H16BrNO2/c12-11-2-1-10(15-11)8-14-6-4-9-3-5-13-7-9/h1-2,9,13H,3-8H2. The Hall–Kier alpha value is -0.320. The van der Waals surface area contributed by atoms with Crippen molar-refractivity contribution in [1.82, 2.24) is 5.32 Å². The zero-order valence-corrected chi connectivity index (χ0v) is 10.3. The molecule has 4 heteroatoms. The van der Waals surface area contributed by atoms with Crippen LogP contribution >= 0.6 is 15.9 Å². The first-order chi connectivity index (χ1) is 7.34. The molecule has 0 saturated carbocycles. The predicted molar refractivity (Wildman–Crippen MR) is 61.7 cm³/mol. The Morgan fingerprint density at radius 1 is 1.53 bits per heavy atom. The molecule has 0 radical (unpaired) electrons. The lowest BCUT2D eigenvalue weighted by atomic mass is 10.1.